The molecule has 3 aromatic rings. The third-order valence-corrected chi connectivity index (χ3v) is 6.96. The molecule has 3 aromatic carbocycles. The topological polar surface area (TPSA) is 54.5 Å². The number of anilines is 1. The second kappa shape index (κ2) is 8.19. The lowest BCUT2D eigenvalue weighted by Crippen LogP contribution is -2.37. The second-order valence-corrected chi connectivity index (χ2v) is 9.36. The molecule has 0 aliphatic carbocycles. The number of carbonyl (C=O) groups is 1. The zero-order valence-electron chi connectivity index (χ0n) is 16.1. The van der Waals surface area contributed by atoms with Crippen LogP contribution in [0.25, 0.3) is 0 Å². The van der Waals surface area contributed by atoms with Crippen molar-refractivity contribution < 1.29 is 13.2 Å². The van der Waals surface area contributed by atoms with E-state index in [-0.39, 0.29) is 21.2 Å². The minimum absolute atomic E-state index is 0.0162. The highest BCUT2D eigenvalue weighted by Gasteiger charge is 2.34. The van der Waals surface area contributed by atoms with Gasteiger partial charge in [0.25, 0.3) is 15.9 Å². The number of hydrogen-bond donors (Lipinski definition) is 0. The molecule has 150 valence electrons. The lowest BCUT2D eigenvalue weighted by molar-refractivity contribution is 0.101. The van der Waals surface area contributed by atoms with Gasteiger partial charge in [0.05, 0.1) is 21.2 Å². The van der Waals surface area contributed by atoms with Gasteiger partial charge in [0.2, 0.25) is 0 Å². The number of nitrogens with zero attached hydrogens (tertiary/aromatic N) is 1. The summed E-state index contributed by atoms with van der Waals surface area (Å²) in [6.45, 7) is 5.49. The molecule has 0 aliphatic rings. The first-order valence-corrected chi connectivity index (χ1v) is 11.0. The van der Waals surface area contributed by atoms with Crippen LogP contribution in [-0.4, -0.2) is 14.3 Å². The molecule has 0 bridgehead atoms. The standard InChI is InChI=1S/C22H19Cl2NO3S/c1-14-7-10-18(11-8-14)29(27,28)25(21-6-4-5-15(2)16(21)3)22(26)19-12-9-17(23)13-20(19)24/h4-13H,1-3H3. The Kier molecular flexibility index (Phi) is 6.03. The van der Waals surface area contributed by atoms with Gasteiger partial charge >= 0.3 is 0 Å². The fraction of sp³-hybridized carbons (Fsp3) is 0.136. The molecule has 29 heavy (non-hydrogen) atoms. The molecule has 0 heterocycles. The van der Waals surface area contributed by atoms with Crippen LogP contribution >= 0.6 is 23.2 Å². The van der Waals surface area contributed by atoms with E-state index in [2.05, 4.69) is 0 Å². The molecular formula is C22H19Cl2NO3S. The van der Waals surface area contributed by atoms with Crippen molar-refractivity contribution in [3.63, 3.8) is 0 Å². The van der Waals surface area contributed by atoms with Crippen LogP contribution in [0, 0.1) is 20.8 Å². The SMILES string of the molecule is Cc1ccc(S(=O)(=O)N(C(=O)c2ccc(Cl)cc2Cl)c2cccc(C)c2C)cc1. The van der Waals surface area contributed by atoms with Crippen molar-refractivity contribution >= 4 is 44.8 Å². The molecule has 0 aromatic heterocycles. The summed E-state index contributed by atoms with van der Waals surface area (Å²) in [4.78, 5) is 13.5. The van der Waals surface area contributed by atoms with E-state index in [0.717, 1.165) is 15.4 Å². The van der Waals surface area contributed by atoms with Gasteiger partial charge in [-0.1, -0.05) is 53.0 Å². The van der Waals surface area contributed by atoms with Gasteiger partial charge in [-0.05, 0) is 68.3 Å². The average Bonchev–Trinajstić information content (AvgIpc) is 2.65. The van der Waals surface area contributed by atoms with Crippen molar-refractivity contribution in [1.29, 1.82) is 0 Å². The third kappa shape index (κ3) is 4.17. The molecule has 1 amide bonds. The minimum atomic E-state index is -4.19. The van der Waals surface area contributed by atoms with Crippen LogP contribution in [0.2, 0.25) is 10.0 Å². The summed E-state index contributed by atoms with van der Waals surface area (Å²) in [6, 6.07) is 15.9. The van der Waals surface area contributed by atoms with Gasteiger partial charge in [0, 0.05) is 5.02 Å². The van der Waals surface area contributed by atoms with Crippen LogP contribution in [0.3, 0.4) is 0 Å². The maximum atomic E-state index is 13.5. The Labute approximate surface area is 180 Å². The van der Waals surface area contributed by atoms with E-state index < -0.39 is 15.9 Å². The highest BCUT2D eigenvalue weighted by atomic mass is 35.5. The number of rotatable bonds is 4. The van der Waals surface area contributed by atoms with Gasteiger partial charge in [0.1, 0.15) is 0 Å². The van der Waals surface area contributed by atoms with E-state index >= 15 is 0 Å². The highest BCUT2D eigenvalue weighted by molar-refractivity contribution is 7.93. The molecule has 4 nitrogen and oxygen atoms in total. The first-order valence-electron chi connectivity index (χ1n) is 8.80. The Hall–Kier alpha value is -2.34. The van der Waals surface area contributed by atoms with Crippen molar-refractivity contribution in [3.05, 3.63) is 93.0 Å². The van der Waals surface area contributed by atoms with Crippen LogP contribution in [-0.2, 0) is 10.0 Å². The van der Waals surface area contributed by atoms with Crippen LogP contribution in [0.15, 0.2) is 65.6 Å². The fourth-order valence-corrected chi connectivity index (χ4v) is 4.85. The zero-order valence-corrected chi connectivity index (χ0v) is 18.4. The summed E-state index contributed by atoms with van der Waals surface area (Å²) >= 11 is 12.2. The number of amides is 1. The number of benzene rings is 3. The Morgan fingerprint density at radius 1 is 0.897 bits per heavy atom. The first-order chi connectivity index (χ1) is 13.6. The molecule has 0 fully saturated rings. The molecule has 0 N–H and O–H groups in total. The number of carbonyl (C=O) groups excluding carboxylic acids is 1. The maximum absolute atomic E-state index is 13.5. The molecule has 0 spiro atoms. The van der Waals surface area contributed by atoms with Gasteiger partial charge in [-0.3, -0.25) is 4.79 Å². The lowest BCUT2D eigenvalue weighted by Gasteiger charge is -2.25. The van der Waals surface area contributed by atoms with Gasteiger partial charge in [0.15, 0.2) is 0 Å². The summed E-state index contributed by atoms with van der Waals surface area (Å²) < 4.78 is 27.9. The molecule has 7 heteroatoms. The number of aryl methyl sites for hydroxylation is 2. The molecule has 0 saturated heterocycles. The Bertz CT molecular complexity index is 1190. The molecule has 0 unspecified atom stereocenters. The maximum Gasteiger partial charge on any atom is 0.273 e. The summed E-state index contributed by atoms with van der Waals surface area (Å²) in [5.41, 5.74) is 2.78. The van der Waals surface area contributed by atoms with Crippen molar-refractivity contribution in [2.24, 2.45) is 0 Å². The summed E-state index contributed by atoms with van der Waals surface area (Å²) in [7, 11) is -4.19. The highest BCUT2D eigenvalue weighted by Crippen LogP contribution is 2.32. The van der Waals surface area contributed by atoms with Crippen molar-refractivity contribution in [1.82, 2.24) is 0 Å². The third-order valence-electron chi connectivity index (χ3n) is 4.70. The Morgan fingerprint density at radius 3 is 2.17 bits per heavy atom. The minimum Gasteiger partial charge on any atom is -0.268 e. The largest absolute Gasteiger partial charge is 0.273 e. The molecule has 0 saturated carbocycles. The Morgan fingerprint density at radius 2 is 1.55 bits per heavy atom. The zero-order chi connectivity index (χ0) is 21.3. The fourth-order valence-electron chi connectivity index (χ4n) is 2.89. The van der Waals surface area contributed by atoms with Gasteiger partial charge in [-0.25, -0.2) is 8.42 Å². The van der Waals surface area contributed by atoms with Crippen molar-refractivity contribution in [2.75, 3.05) is 4.31 Å². The van der Waals surface area contributed by atoms with E-state index in [9.17, 15) is 13.2 Å². The van der Waals surface area contributed by atoms with Crippen molar-refractivity contribution in [3.8, 4) is 0 Å². The number of sulfonamides is 1. The monoisotopic (exact) mass is 447 g/mol. The van der Waals surface area contributed by atoms with E-state index in [1.165, 1.54) is 30.3 Å². The second-order valence-electron chi connectivity index (χ2n) is 6.73. The van der Waals surface area contributed by atoms with Crippen molar-refractivity contribution in [2.45, 2.75) is 25.7 Å². The number of hydrogen-bond acceptors (Lipinski definition) is 3. The van der Waals surface area contributed by atoms with Gasteiger partial charge in [-0.2, -0.15) is 4.31 Å². The van der Waals surface area contributed by atoms with E-state index in [1.54, 1.807) is 31.2 Å². The van der Waals surface area contributed by atoms with Crippen LogP contribution in [0.1, 0.15) is 27.0 Å². The quantitative estimate of drug-likeness (QED) is 0.495. The first kappa shape index (κ1) is 21.4. The smallest absolute Gasteiger partial charge is 0.268 e. The summed E-state index contributed by atoms with van der Waals surface area (Å²) in [6.07, 6.45) is 0. The predicted octanol–water partition coefficient (Wildman–Crippen LogP) is 5.95. The van der Waals surface area contributed by atoms with Crippen LogP contribution in [0.5, 0.6) is 0 Å². The molecule has 0 aliphatic heterocycles. The van der Waals surface area contributed by atoms with Gasteiger partial charge < -0.3 is 0 Å². The summed E-state index contributed by atoms with van der Waals surface area (Å²) in [5, 5.41) is 0.433. The lowest BCUT2D eigenvalue weighted by atomic mass is 10.1. The van der Waals surface area contributed by atoms with Crippen LogP contribution < -0.4 is 4.31 Å². The predicted molar refractivity (Wildman–Crippen MR) is 118 cm³/mol. The molecule has 0 radical (unpaired) electrons. The molecule has 3 rings (SSSR count). The van der Waals surface area contributed by atoms with E-state index in [1.807, 2.05) is 19.9 Å². The van der Waals surface area contributed by atoms with Gasteiger partial charge in [-0.15, -0.1) is 0 Å². The number of halogens is 2. The molecule has 0 atom stereocenters. The van der Waals surface area contributed by atoms with E-state index in [0.29, 0.717) is 10.6 Å². The average molecular weight is 448 g/mol. The normalized spacial score (nSPS) is 11.3. The van der Waals surface area contributed by atoms with Crippen LogP contribution in [0.4, 0.5) is 5.69 Å². The Balaban J connectivity index is 2.26. The molecular weight excluding hydrogens is 429 g/mol. The summed E-state index contributed by atoms with van der Waals surface area (Å²) in [5.74, 6) is -0.749. The van der Waals surface area contributed by atoms with E-state index in [4.69, 9.17) is 23.2 Å².